The molecule has 0 aromatic heterocycles. The molecular formula is C17H20N2O4S. The van der Waals surface area contributed by atoms with Gasteiger partial charge in [-0.2, -0.15) is 0 Å². The number of methoxy groups -OCH3 is 1. The quantitative estimate of drug-likeness (QED) is 0.870. The third-order valence-corrected chi connectivity index (χ3v) is 4.61. The number of carbonyl (C=O) groups is 1. The molecular weight excluding hydrogens is 328 g/mol. The summed E-state index contributed by atoms with van der Waals surface area (Å²) in [6.07, 6.45) is 1.16. The van der Waals surface area contributed by atoms with E-state index < -0.39 is 9.84 Å². The van der Waals surface area contributed by atoms with Crippen molar-refractivity contribution in [3.05, 3.63) is 54.1 Å². The summed E-state index contributed by atoms with van der Waals surface area (Å²) >= 11 is 0. The predicted molar refractivity (Wildman–Crippen MR) is 93.1 cm³/mol. The lowest BCUT2D eigenvalue weighted by atomic mass is 10.1. The fourth-order valence-electron chi connectivity index (χ4n) is 2.15. The molecule has 24 heavy (non-hydrogen) atoms. The predicted octanol–water partition coefficient (Wildman–Crippen LogP) is 2.98. The first-order valence-corrected chi connectivity index (χ1v) is 9.20. The lowest BCUT2D eigenvalue weighted by Crippen LogP contribution is -2.31. The van der Waals surface area contributed by atoms with Crippen molar-refractivity contribution in [1.29, 1.82) is 0 Å². The van der Waals surface area contributed by atoms with Crippen molar-refractivity contribution in [2.45, 2.75) is 17.9 Å². The maximum atomic E-state index is 12.1. The van der Waals surface area contributed by atoms with Crippen LogP contribution in [0, 0.1) is 0 Å². The van der Waals surface area contributed by atoms with E-state index in [1.807, 2.05) is 6.92 Å². The Hall–Kier alpha value is -2.54. The van der Waals surface area contributed by atoms with Crippen LogP contribution in [0.2, 0.25) is 0 Å². The van der Waals surface area contributed by atoms with Gasteiger partial charge in [0.25, 0.3) is 0 Å². The van der Waals surface area contributed by atoms with Crippen LogP contribution in [0.4, 0.5) is 10.5 Å². The van der Waals surface area contributed by atoms with Crippen LogP contribution in [-0.2, 0) is 9.84 Å². The number of sulfone groups is 1. The molecule has 0 spiro atoms. The lowest BCUT2D eigenvalue weighted by molar-refractivity contribution is 0.249. The van der Waals surface area contributed by atoms with Crippen LogP contribution >= 0.6 is 0 Å². The molecule has 6 nitrogen and oxygen atoms in total. The van der Waals surface area contributed by atoms with E-state index in [4.69, 9.17) is 4.74 Å². The summed E-state index contributed by atoms with van der Waals surface area (Å²) in [4.78, 5) is 12.3. The van der Waals surface area contributed by atoms with E-state index in [2.05, 4.69) is 10.6 Å². The van der Waals surface area contributed by atoms with E-state index in [-0.39, 0.29) is 17.0 Å². The zero-order valence-electron chi connectivity index (χ0n) is 13.7. The van der Waals surface area contributed by atoms with Gasteiger partial charge >= 0.3 is 6.03 Å². The number of anilines is 1. The summed E-state index contributed by atoms with van der Waals surface area (Å²) in [7, 11) is -1.67. The van der Waals surface area contributed by atoms with E-state index >= 15 is 0 Å². The molecule has 0 saturated carbocycles. The molecule has 0 radical (unpaired) electrons. The molecule has 128 valence electrons. The van der Waals surface area contributed by atoms with Gasteiger partial charge in [0.05, 0.1) is 18.0 Å². The highest BCUT2D eigenvalue weighted by Crippen LogP contribution is 2.18. The highest BCUT2D eigenvalue weighted by atomic mass is 32.2. The standard InChI is InChI=1S/C17H20N2O4S/c1-12(13-7-9-16(10-8-13)24(3,21)22)18-17(20)19-14-5-4-6-15(11-14)23-2/h4-12H,1-3H3,(H2,18,19,20)/t12-/m1/s1. The van der Waals surface area contributed by atoms with E-state index in [0.29, 0.717) is 11.4 Å². The minimum absolute atomic E-state index is 0.249. The second-order valence-electron chi connectivity index (χ2n) is 5.39. The summed E-state index contributed by atoms with van der Waals surface area (Å²) in [6.45, 7) is 1.82. The lowest BCUT2D eigenvalue weighted by Gasteiger charge is -2.15. The zero-order chi connectivity index (χ0) is 17.7. The second-order valence-corrected chi connectivity index (χ2v) is 7.41. The van der Waals surface area contributed by atoms with Crippen LogP contribution in [0.15, 0.2) is 53.4 Å². The van der Waals surface area contributed by atoms with Gasteiger partial charge in [-0.3, -0.25) is 0 Å². The summed E-state index contributed by atoms with van der Waals surface area (Å²) in [6, 6.07) is 12.8. The van der Waals surface area contributed by atoms with Gasteiger partial charge in [-0.15, -0.1) is 0 Å². The molecule has 2 amide bonds. The van der Waals surface area contributed by atoms with Crippen molar-refractivity contribution < 1.29 is 17.9 Å². The number of ether oxygens (including phenoxy) is 1. The van der Waals surface area contributed by atoms with Crippen LogP contribution in [0.1, 0.15) is 18.5 Å². The molecule has 0 aliphatic rings. The molecule has 0 unspecified atom stereocenters. The Kier molecular flexibility index (Phi) is 5.46. The van der Waals surface area contributed by atoms with Gasteiger partial charge < -0.3 is 15.4 Å². The number of urea groups is 1. The average Bonchev–Trinajstić information content (AvgIpc) is 2.54. The van der Waals surface area contributed by atoms with Crippen molar-refractivity contribution in [3.63, 3.8) is 0 Å². The minimum Gasteiger partial charge on any atom is -0.497 e. The molecule has 0 fully saturated rings. The van der Waals surface area contributed by atoms with Crippen LogP contribution < -0.4 is 15.4 Å². The first kappa shape index (κ1) is 17.8. The minimum atomic E-state index is -3.23. The highest BCUT2D eigenvalue weighted by Gasteiger charge is 2.12. The molecule has 2 aromatic rings. The smallest absolute Gasteiger partial charge is 0.319 e. The highest BCUT2D eigenvalue weighted by molar-refractivity contribution is 7.90. The number of rotatable bonds is 5. The molecule has 1 atom stereocenters. The Morgan fingerprint density at radius 3 is 2.38 bits per heavy atom. The molecule has 2 rings (SSSR count). The first-order chi connectivity index (χ1) is 11.3. The SMILES string of the molecule is COc1cccc(NC(=O)N[C@H](C)c2ccc(S(C)(=O)=O)cc2)c1. The number of benzene rings is 2. The molecule has 2 N–H and O–H groups in total. The zero-order valence-corrected chi connectivity index (χ0v) is 14.6. The fraction of sp³-hybridized carbons (Fsp3) is 0.235. The number of nitrogens with one attached hydrogen (secondary N) is 2. The van der Waals surface area contributed by atoms with Crippen LogP contribution in [0.5, 0.6) is 5.75 Å². The topological polar surface area (TPSA) is 84.5 Å². The summed E-state index contributed by atoms with van der Waals surface area (Å²) in [5.74, 6) is 0.650. The Morgan fingerprint density at radius 2 is 1.79 bits per heavy atom. The van der Waals surface area contributed by atoms with Gasteiger partial charge in [-0.05, 0) is 36.8 Å². The molecule has 0 aliphatic carbocycles. The Bertz CT molecular complexity index is 817. The number of hydrogen-bond donors (Lipinski definition) is 2. The monoisotopic (exact) mass is 348 g/mol. The number of hydrogen-bond acceptors (Lipinski definition) is 4. The van der Waals surface area contributed by atoms with Gasteiger partial charge in [-0.1, -0.05) is 18.2 Å². The molecule has 0 aliphatic heterocycles. The van der Waals surface area contributed by atoms with Gasteiger partial charge in [0.1, 0.15) is 5.75 Å². The van der Waals surface area contributed by atoms with Crippen LogP contribution in [0.3, 0.4) is 0 Å². The molecule has 0 heterocycles. The molecule has 0 bridgehead atoms. The van der Waals surface area contributed by atoms with Gasteiger partial charge in [0, 0.05) is 18.0 Å². The maximum absolute atomic E-state index is 12.1. The first-order valence-electron chi connectivity index (χ1n) is 7.31. The fourth-order valence-corrected chi connectivity index (χ4v) is 2.78. The maximum Gasteiger partial charge on any atom is 0.319 e. The summed E-state index contributed by atoms with van der Waals surface area (Å²) in [5, 5.41) is 5.53. The Balaban J connectivity index is 2.00. The molecule has 7 heteroatoms. The summed E-state index contributed by atoms with van der Waals surface area (Å²) < 4.78 is 28.0. The normalized spacial score (nSPS) is 12.3. The van der Waals surface area contributed by atoms with Crippen molar-refractivity contribution in [3.8, 4) is 5.75 Å². The van der Waals surface area contributed by atoms with Gasteiger partial charge in [-0.25, -0.2) is 13.2 Å². The second kappa shape index (κ2) is 7.35. The van der Waals surface area contributed by atoms with Gasteiger partial charge in [0.15, 0.2) is 9.84 Å². The number of amides is 2. The van der Waals surface area contributed by atoms with E-state index in [0.717, 1.165) is 11.8 Å². The molecule has 0 saturated heterocycles. The van der Waals surface area contributed by atoms with Crippen molar-refractivity contribution in [2.24, 2.45) is 0 Å². The van der Waals surface area contributed by atoms with E-state index in [1.54, 1.807) is 43.5 Å². The van der Waals surface area contributed by atoms with Crippen molar-refractivity contribution in [2.75, 3.05) is 18.7 Å². The van der Waals surface area contributed by atoms with Crippen molar-refractivity contribution >= 4 is 21.6 Å². The number of carbonyl (C=O) groups excluding carboxylic acids is 1. The Labute approximate surface area is 141 Å². The third kappa shape index (κ3) is 4.73. The van der Waals surface area contributed by atoms with E-state index in [9.17, 15) is 13.2 Å². The van der Waals surface area contributed by atoms with Gasteiger partial charge in [0.2, 0.25) is 0 Å². The Morgan fingerprint density at radius 1 is 1.12 bits per heavy atom. The average molecular weight is 348 g/mol. The third-order valence-electron chi connectivity index (χ3n) is 3.48. The van der Waals surface area contributed by atoms with Crippen molar-refractivity contribution in [1.82, 2.24) is 5.32 Å². The van der Waals surface area contributed by atoms with Crippen LogP contribution in [-0.4, -0.2) is 27.8 Å². The van der Waals surface area contributed by atoms with Crippen LogP contribution in [0.25, 0.3) is 0 Å². The summed E-state index contributed by atoms with van der Waals surface area (Å²) in [5.41, 5.74) is 1.43. The largest absolute Gasteiger partial charge is 0.497 e. The van der Waals surface area contributed by atoms with E-state index in [1.165, 1.54) is 12.1 Å². The molecule has 2 aromatic carbocycles.